The number of carbonyl (C=O) groups is 1. The van der Waals surface area contributed by atoms with E-state index in [1.54, 1.807) is 22.9 Å². The van der Waals surface area contributed by atoms with Crippen molar-refractivity contribution in [1.82, 2.24) is 4.57 Å². The van der Waals surface area contributed by atoms with Gasteiger partial charge in [0.15, 0.2) is 0 Å². The molecule has 0 spiro atoms. The minimum Gasteiger partial charge on any atom is -0.478 e. The van der Waals surface area contributed by atoms with Gasteiger partial charge in [-0.25, -0.2) is 4.79 Å². The largest absolute Gasteiger partial charge is 0.478 e. The minimum absolute atomic E-state index is 0.405. The molecular weight excluding hydrogens is 168 g/mol. The number of aromatic nitrogens is 1. The van der Waals surface area contributed by atoms with Crippen molar-refractivity contribution in [1.29, 1.82) is 5.26 Å². The van der Waals surface area contributed by atoms with Gasteiger partial charge < -0.3 is 9.67 Å². The number of hydrogen-bond acceptors (Lipinski definition) is 2. The summed E-state index contributed by atoms with van der Waals surface area (Å²) in [5.74, 6) is -0.981. The van der Waals surface area contributed by atoms with Crippen molar-refractivity contribution in [2.45, 2.75) is 6.54 Å². The molecule has 0 unspecified atom stereocenters. The quantitative estimate of drug-likeness (QED) is 0.698. The van der Waals surface area contributed by atoms with Gasteiger partial charge in [-0.1, -0.05) is 6.08 Å². The van der Waals surface area contributed by atoms with Crippen LogP contribution in [-0.2, 0) is 11.3 Å². The molecule has 1 rings (SSSR count). The molecule has 66 valence electrons. The fourth-order valence-corrected chi connectivity index (χ4v) is 0.942. The van der Waals surface area contributed by atoms with Gasteiger partial charge in [0.25, 0.3) is 0 Å². The van der Waals surface area contributed by atoms with E-state index in [0.29, 0.717) is 12.2 Å². The van der Waals surface area contributed by atoms with E-state index in [1.807, 2.05) is 6.07 Å². The summed E-state index contributed by atoms with van der Waals surface area (Å²) in [7, 11) is 0. The first kappa shape index (κ1) is 9.07. The Labute approximate surface area is 75.3 Å². The molecule has 0 aliphatic rings. The highest BCUT2D eigenvalue weighted by Crippen LogP contribution is 1.99. The number of carboxylic acid groups (broad SMARTS) is 1. The van der Waals surface area contributed by atoms with Crippen LogP contribution in [0.25, 0.3) is 0 Å². The molecular formula is C9H8N2O2. The van der Waals surface area contributed by atoms with E-state index in [1.165, 1.54) is 6.08 Å². The summed E-state index contributed by atoms with van der Waals surface area (Å²) in [6.45, 7) is 0.405. The number of hydrogen-bond donors (Lipinski definition) is 1. The van der Waals surface area contributed by atoms with Crippen LogP contribution in [0, 0.1) is 11.3 Å². The number of nitrogens with zero attached hydrogens (tertiary/aromatic N) is 2. The number of allylic oxidation sites excluding steroid dienone is 1. The van der Waals surface area contributed by atoms with Gasteiger partial charge in [-0.2, -0.15) is 5.26 Å². The van der Waals surface area contributed by atoms with Gasteiger partial charge in [0, 0.05) is 18.8 Å². The standard InChI is InChI=1S/C9H8N2O2/c10-7-8-3-1-5-11(8)6-2-4-9(12)13/h1-5H,6H2,(H,12,13)/b4-2+. The molecule has 0 fully saturated rings. The normalized spacial score (nSPS) is 10.1. The van der Waals surface area contributed by atoms with E-state index >= 15 is 0 Å². The summed E-state index contributed by atoms with van der Waals surface area (Å²) in [5.41, 5.74) is 0.523. The second-order valence-electron chi connectivity index (χ2n) is 2.40. The van der Waals surface area contributed by atoms with E-state index in [9.17, 15) is 4.79 Å². The van der Waals surface area contributed by atoms with Crippen molar-refractivity contribution in [2.24, 2.45) is 0 Å². The van der Waals surface area contributed by atoms with Crippen molar-refractivity contribution in [3.8, 4) is 6.07 Å². The van der Waals surface area contributed by atoms with Crippen molar-refractivity contribution in [3.63, 3.8) is 0 Å². The Balaban J connectivity index is 2.65. The predicted molar refractivity (Wildman–Crippen MR) is 45.9 cm³/mol. The van der Waals surface area contributed by atoms with E-state index in [0.717, 1.165) is 6.08 Å². The van der Waals surface area contributed by atoms with Gasteiger partial charge in [-0.15, -0.1) is 0 Å². The van der Waals surface area contributed by atoms with Crippen molar-refractivity contribution in [2.75, 3.05) is 0 Å². The number of carboxylic acids is 1. The van der Waals surface area contributed by atoms with Crippen LogP contribution < -0.4 is 0 Å². The predicted octanol–water partition coefficient (Wildman–Crippen LogP) is 1.00. The third kappa shape index (κ3) is 2.49. The average molecular weight is 176 g/mol. The molecule has 0 bridgehead atoms. The van der Waals surface area contributed by atoms with E-state index in [4.69, 9.17) is 10.4 Å². The van der Waals surface area contributed by atoms with Crippen molar-refractivity contribution in [3.05, 3.63) is 36.2 Å². The van der Waals surface area contributed by atoms with E-state index in [2.05, 4.69) is 0 Å². The third-order valence-corrected chi connectivity index (χ3v) is 1.51. The molecule has 1 N–H and O–H groups in total. The zero-order valence-corrected chi connectivity index (χ0v) is 6.84. The van der Waals surface area contributed by atoms with Gasteiger partial charge in [-0.3, -0.25) is 0 Å². The fourth-order valence-electron chi connectivity index (χ4n) is 0.942. The molecule has 0 aliphatic heterocycles. The molecule has 4 nitrogen and oxygen atoms in total. The average Bonchev–Trinajstić information content (AvgIpc) is 2.51. The lowest BCUT2D eigenvalue weighted by atomic mass is 10.4. The highest BCUT2D eigenvalue weighted by Gasteiger charge is 1.95. The summed E-state index contributed by atoms with van der Waals surface area (Å²) < 4.78 is 1.67. The lowest BCUT2D eigenvalue weighted by Crippen LogP contribution is -1.97. The fraction of sp³-hybridized carbons (Fsp3) is 0.111. The molecule has 0 radical (unpaired) electrons. The lowest BCUT2D eigenvalue weighted by Gasteiger charge is -1.97. The second kappa shape index (κ2) is 4.12. The van der Waals surface area contributed by atoms with Gasteiger partial charge in [0.1, 0.15) is 11.8 Å². The molecule has 4 heteroatoms. The molecule has 13 heavy (non-hydrogen) atoms. The van der Waals surface area contributed by atoms with Crippen LogP contribution in [0.15, 0.2) is 30.5 Å². The first-order valence-corrected chi connectivity index (χ1v) is 3.68. The van der Waals surface area contributed by atoms with E-state index < -0.39 is 5.97 Å². The molecule has 1 heterocycles. The van der Waals surface area contributed by atoms with Gasteiger partial charge >= 0.3 is 5.97 Å². The van der Waals surface area contributed by atoms with Crippen LogP contribution in [-0.4, -0.2) is 15.6 Å². The second-order valence-corrected chi connectivity index (χ2v) is 2.40. The van der Waals surface area contributed by atoms with Gasteiger partial charge in [0.05, 0.1) is 0 Å². The van der Waals surface area contributed by atoms with Crippen LogP contribution in [0.1, 0.15) is 5.69 Å². The van der Waals surface area contributed by atoms with Crippen LogP contribution in [0.5, 0.6) is 0 Å². The van der Waals surface area contributed by atoms with Crippen molar-refractivity contribution < 1.29 is 9.90 Å². The SMILES string of the molecule is N#Cc1cccn1C/C=C/C(=O)O. The Morgan fingerprint density at radius 3 is 3.15 bits per heavy atom. The van der Waals surface area contributed by atoms with Crippen LogP contribution in [0.4, 0.5) is 0 Å². The van der Waals surface area contributed by atoms with Crippen LogP contribution >= 0.6 is 0 Å². The molecule has 0 atom stereocenters. The first-order chi connectivity index (χ1) is 6.24. The first-order valence-electron chi connectivity index (χ1n) is 3.68. The third-order valence-electron chi connectivity index (χ3n) is 1.51. The topological polar surface area (TPSA) is 66.0 Å². The summed E-state index contributed by atoms with van der Waals surface area (Å²) >= 11 is 0. The Morgan fingerprint density at radius 1 is 1.77 bits per heavy atom. The Kier molecular flexibility index (Phi) is 2.87. The van der Waals surface area contributed by atoms with Gasteiger partial charge in [0.2, 0.25) is 0 Å². The van der Waals surface area contributed by atoms with Crippen LogP contribution in [0.3, 0.4) is 0 Å². The Hall–Kier alpha value is -2.02. The maximum Gasteiger partial charge on any atom is 0.328 e. The van der Waals surface area contributed by atoms with Crippen molar-refractivity contribution >= 4 is 5.97 Å². The summed E-state index contributed by atoms with van der Waals surface area (Å²) in [4.78, 5) is 10.1. The maximum absolute atomic E-state index is 10.1. The number of rotatable bonds is 3. The van der Waals surface area contributed by atoms with Gasteiger partial charge in [-0.05, 0) is 12.1 Å². The summed E-state index contributed by atoms with van der Waals surface area (Å²) in [6, 6.07) is 5.41. The highest BCUT2D eigenvalue weighted by molar-refractivity contribution is 5.79. The number of aliphatic carboxylic acids is 1. The summed E-state index contributed by atoms with van der Waals surface area (Å²) in [5, 5.41) is 16.9. The summed E-state index contributed by atoms with van der Waals surface area (Å²) in [6.07, 6.45) is 4.27. The lowest BCUT2D eigenvalue weighted by molar-refractivity contribution is -0.131. The molecule has 0 aliphatic carbocycles. The molecule has 1 aromatic rings. The smallest absolute Gasteiger partial charge is 0.328 e. The zero-order chi connectivity index (χ0) is 9.68. The monoisotopic (exact) mass is 176 g/mol. The Bertz CT molecular complexity index is 371. The molecule has 1 aromatic heterocycles. The molecule has 0 saturated heterocycles. The zero-order valence-electron chi connectivity index (χ0n) is 6.84. The van der Waals surface area contributed by atoms with E-state index in [-0.39, 0.29) is 0 Å². The Morgan fingerprint density at radius 2 is 2.54 bits per heavy atom. The van der Waals surface area contributed by atoms with Crippen LogP contribution in [0.2, 0.25) is 0 Å². The molecule has 0 amide bonds. The highest BCUT2D eigenvalue weighted by atomic mass is 16.4. The maximum atomic E-state index is 10.1. The number of nitriles is 1. The molecule has 0 saturated carbocycles. The minimum atomic E-state index is -0.981. The molecule has 0 aromatic carbocycles.